The summed E-state index contributed by atoms with van der Waals surface area (Å²) >= 11 is 0. The summed E-state index contributed by atoms with van der Waals surface area (Å²) < 4.78 is 16.7. The van der Waals surface area contributed by atoms with Crippen LogP contribution in [0.15, 0.2) is 28.8 Å². The number of ether oxygens (including phenoxy) is 2. The quantitative estimate of drug-likeness (QED) is 0.931. The number of hydrogen-bond acceptors (Lipinski definition) is 6. The molecule has 0 saturated heterocycles. The van der Waals surface area contributed by atoms with Crippen molar-refractivity contribution in [1.82, 2.24) is 10.1 Å². The number of fused-ring (bicyclic) bond motifs is 1. The highest BCUT2D eigenvalue weighted by Gasteiger charge is 2.27. The van der Waals surface area contributed by atoms with Crippen LogP contribution in [0.25, 0.3) is 0 Å². The first-order valence-corrected chi connectivity index (χ1v) is 7.11. The Bertz CT molecular complexity index is 612. The van der Waals surface area contributed by atoms with Gasteiger partial charge in [0, 0.05) is 0 Å². The van der Waals surface area contributed by atoms with Gasteiger partial charge in [-0.25, -0.2) is 0 Å². The Balaban J connectivity index is 1.73. The number of para-hydroxylation sites is 2. The summed E-state index contributed by atoms with van der Waals surface area (Å²) in [6, 6.07) is 7.27. The van der Waals surface area contributed by atoms with Gasteiger partial charge in [0.05, 0.1) is 6.04 Å². The summed E-state index contributed by atoms with van der Waals surface area (Å²) in [5.74, 6) is 2.80. The van der Waals surface area contributed by atoms with Gasteiger partial charge in [-0.15, -0.1) is 0 Å². The Morgan fingerprint density at radius 2 is 2.05 bits per heavy atom. The van der Waals surface area contributed by atoms with Crippen molar-refractivity contribution in [2.45, 2.75) is 32.4 Å². The van der Waals surface area contributed by atoms with Gasteiger partial charge in [-0.05, 0) is 24.5 Å². The fourth-order valence-corrected chi connectivity index (χ4v) is 2.28. The zero-order valence-electron chi connectivity index (χ0n) is 12.2. The molecule has 1 aliphatic rings. The number of nitrogens with zero attached hydrogens (tertiary/aromatic N) is 2. The van der Waals surface area contributed by atoms with Gasteiger partial charge in [0.15, 0.2) is 17.6 Å². The van der Waals surface area contributed by atoms with Crippen LogP contribution in [0, 0.1) is 5.92 Å². The van der Waals surface area contributed by atoms with Crippen LogP contribution in [0.5, 0.6) is 11.5 Å². The normalized spacial score (nSPS) is 18.8. The van der Waals surface area contributed by atoms with Gasteiger partial charge in [-0.2, -0.15) is 4.98 Å². The van der Waals surface area contributed by atoms with Gasteiger partial charge >= 0.3 is 0 Å². The lowest BCUT2D eigenvalue weighted by atomic mass is 10.0. The first kappa shape index (κ1) is 13.9. The Hall–Kier alpha value is -2.08. The van der Waals surface area contributed by atoms with Crippen LogP contribution in [0.2, 0.25) is 0 Å². The molecule has 0 saturated carbocycles. The molecule has 0 fully saturated rings. The number of hydrogen-bond donors (Lipinski definition) is 1. The molecular weight excluding hydrogens is 270 g/mol. The van der Waals surface area contributed by atoms with Crippen molar-refractivity contribution < 1.29 is 14.0 Å². The second-order valence-corrected chi connectivity index (χ2v) is 5.59. The van der Waals surface area contributed by atoms with Crippen molar-refractivity contribution in [2.75, 3.05) is 6.61 Å². The van der Waals surface area contributed by atoms with Crippen molar-refractivity contribution >= 4 is 0 Å². The van der Waals surface area contributed by atoms with Gasteiger partial charge < -0.3 is 19.7 Å². The fraction of sp³-hybridized carbons (Fsp3) is 0.467. The molecule has 2 N–H and O–H groups in total. The van der Waals surface area contributed by atoms with Crippen molar-refractivity contribution in [2.24, 2.45) is 11.7 Å². The number of aromatic nitrogens is 2. The second kappa shape index (κ2) is 5.73. The van der Waals surface area contributed by atoms with E-state index in [-0.39, 0.29) is 12.1 Å². The van der Waals surface area contributed by atoms with E-state index in [1.54, 1.807) is 0 Å². The zero-order chi connectivity index (χ0) is 14.8. The number of rotatable bonds is 4. The molecule has 21 heavy (non-hydrogen) atoms. The minimum atomic E-state index is -0.372. The van der Waals surface area contributed by atoms with Crippen molar-refractivity contribution in [1.29, 1.82) is 0 Å². The summed E-state index contributed by atoms with van der Waals surface area (Å²) in [6.07, 6.45) is 0.426. The Morgan fingerprint density at radius 1 is 1.29 bits per heavy atom. The SMILES string of the molecule is CC(C)CC(N)c1nc(C2COc3ccccc3O2)no1. The molecule has 6 heteroatoms. The van der Waals surface area contributed by atoms with E-state index < -0.39 is 0 Å². The topological polar surface area (TPSA) is 83.4 Å². The van der Waals surface area contributed by atoms with E-state index in [1.807, 2.05) is 24.3 Å². The third kappa shape index (κ3) is 3.00. The van der Waals surface area contributed by atoms with Gasteiger partial charge in [-0.1, -0.05) is 31.1 Å². The summed E-state index contributed by atoms with van der Waals surface area (Å²) in [7, 11) is 0. The predicted octanol–water partition coefficient (Wildman–Crippen LogP) is 2.63. The zero-order valence-corrected chi connectivity index (χ0v) is 12.2. The molecule has 0 spiro atoms. The predicted molar refractivity (Wildman–Crippen MR) is 76.0 cm³/mol. The van der Waals surface area contributed by atoms with E-state index in [0.717, 1.165) is 12.2 Å². The van der Waals surface area contributed by atoms with Crippen molar-refractivity contribution in [3.8, 4) is 11.5 Å². The average molecular weight is 289 g/mol. The number of benzene rings is 1. The molecular formula is C15H19N3O3. The van der Waals surface area contributed by atoms with Crippen LogP contribution in [0.4, 0.5) is 0 Å². The molecule has 2 aromatic rings. The average Bonchev–Trinajstić information content (AvgIpc) is 2.96. The van der Waals surface area contributed by atoms with E-state index in [0.29, 0.717) is 30.0 Å². The summed E-state index contributed by atoms with van der Waals surface area (Å²) in [5, 5.41) is 3.97. The van der Waals surface area contributed by atoms with Crippen LogP contribution >= 0.6 is 0 Å². The van der Waals surface area contributed by atoms with Crippen molar-refractivity contribution in [3.05, 3.63) is 36.0 Å². The molecule has 2 atom stereocenters. The third-order valence-electron chi connectivity index (χ3n) is 3.30. The molecule has 1 aliphatic heterocycles. The highest BCUT2D eigenvalue weighted by Crippen LogP contribution is 2.35. The monoisotopic (exact) mass is 289 g/mol. The largest absolute Gasteiger partial charge is 0.485 e. The van der Waals surface area contributed by atoms with Crippen LogP contribution in [-0.4, -0.2) is 16.7 Å². The lowest BCUT2D eigenvalue weighted by Gasteiger charge is -2.24. The Labute approximate surface area is 123 Å². The minimum absolute atomic E-state index is 0.247. The molecule has 0 bridgehead atoms. The number of nitrogens with two attached hydrogens (primary N) is 1. The molecule has 3 rings (SSSR count). The second-order valence-electron chi connectivity index (χ2n) is 5.59. The standard InChI is InChI=1S/C15H19N3O3/c1-9(2)7-10(16)15-17-14(18-21-15)13-8-19-11-5-3-4-6-12(11)20-13/h3-6,9-10,13H,7-8,16H2,1-2H3. The molecule has 0 amide bonds. The van der Waals surface area contributed by atoms with E-state index in [4.69, 9.17) is 19.7 Å². The summed E-state index contributed by atoms with van der Waals surface area (Å²) in [4.78, 5) is 4.35. The van der Waals surface area contributed by atoms with E-state index in [9.17, 15) is 0 Å². The first-order valence-electron chi connectivity index (χ1n) is 7.11. The summed E-state index contributed by atoms with van der Waals surface area (Å²) in [5.41, 5.74) is 6.05. The van der Waals surface area contributed by atoms with Crippen LogP contribution in [0.3, 0.4) is 0 Å². The third-order valence-corrected chi connectivity index (χ3v) is 3.30. The Morgan fingerprint density at radius 3 is 2.81 bits per heavy atom. The molecule has 1 aromatic carbocycles. The molecule has 1 aromatic heterocycles. The van der Waals surface area contributed by atoms with Gasteiger partial charge in [-0.3, -0.25) is 0 Å². The van der Waals surface area contributed by atoms with Crippen molar-refractivity contribution in [3.63, 3.8) is 0 Å². The highest BCUT2D eigenvalue weighted by molar-refractivity contribution is 5.40. The molecule has 2 heterocycles. The lowest BCUT2D eigenvalue weighted by molar-refractivity contribution is 0.0832. The molecule has 0 aliphatic carbocycles. The van der Waals surface area contributed by atoms with Crippen LogP contribution in [-0.2, 0) is 0 Å². The van der Waals surface area contributed by atoms with E-state index in [2.05, 4.69) is 24.0 Å². The van der Waals surface area contributed by atoms with Gasteiger partial charge in [0.25, 0.3) is 0 Å². The highest BCUT2D eigenvalue weighted by atomic mass is 16.6. The van der Waals surface area contributed by atoms with Gasteiger partial charge in [0.2, 0.25) is 11.7 Å². The Kier molecular flexibility index (Phi) is 3.79. The molecule has 112 valence electrons. The fourth-order valence-electron chi connectivity index (χ4n) is 2.28. The minimum Gasteiger partial charge on any atom is -0.485 e. The molecule has 6 nitrogen and oxygen atoms in total. The molecule has 0 radical (unpaired) electrons. The van der Waals surface area contributed by atoms with Crippen LogP contribution in [0.1, 0.15) is 44.1 Å². The summed E-state index contributed by atoms with van der Waals surface area (Å²) in [6.45, 7) is 4.56. The lowest BCUT2D eigenvalue weighted by Crippen LogP contribution is -2.22. The maximum atomic E-state index is 6.05. The smallest absolute Gasteiger partial charge is 0.243 e. The van der Waals surface area contributed by atoms with Gasteiger partial charge in [0.1, 0.15) is 6.61 Å². The van der Waals surface area contributed by atoms with E-state index >= 15 is 0 Å². The van der Waals surface area contributed by atoms with E-state index in [1.165, 1.54) is 0 Å². The maximum Gasteiger partial charge on any atom is 0.243 e. The molecule has 2 unspecified atom stereocenters. The first-order chi connectivity index (χ1) is 10.1. The van der Waals surface area contributed by atoms with Crippen LogP contribution < -0.4 is 15.2 Å². The maximum absolute atomic E-state index is 6.05.